The van der Waals surface area contributed by atoms with Gasteiger partial charge in [-0.05, 0) is 60.9 Å². The van der Waals surface area contributed by atoms with E-state index in [2.05, 4.69) is 6.92 Å². The summed E-state index contributed by atoms with van der Waals surface area (Å²) in [5.74, 6) is -0.173. The molecule has 24 heavy (non-hydrogen) atoms. The fourth-order valence-electron chi connectivity index (χ4n) is 3.75. The zero-order valence-electron chi connectivity index (χ0n) is 13.5. The van der Waals surface area contributed by atoms with Gasteiger partial charge in [-0.1, -0.05) is 6.92 Å². The highest BCUT2D eigenvalue weighted by molar-refractivity contribution is 7.10. The maximum absolute atomic E-state index is 13.1. The maximum atomic E-state index is 13.1. The molecule has 124 valence electrons. The van der Waals surface area contributed by atoms with E-state index in [0.29, 0.717) is 18.9 Å². The number of amides is 1. The second kappa shape index (κ2) is 5.74. The fraction of sp³-hybridized carbons (Fsp3) is 0.368. The van der Waals surface area contributed by atoms with Crippen LogP contribution in [0.4, 0.5) is 5.69 Å². The van der Waals surface area contributed by atoms with Gasteiger partial charge in [0.05, 0.1) is 11.1 Å². The molecule has 1 amide bonds. The van der Waals surface area contributed by atoms with Crippen molar-refractivity contribution in [1.82, 2.24) is 0 Å². The van der Waals surface area contributed by atoms with E-state index in [4.69, 9.17) is 5.11 Å². The summed E-state index contributed by atoms with van der Waals surface area (Å²) in [5.41, 5.74) is 4.16. The lowest BCUT2D eigenvalue weighted by molar-refractivity contribution is 0.0696. The van der Waals surface area contributed by atoms with E-state index in [1.807, 2.05) is 5.38 Å². The van der Waals surface area contributed by atoms with Crippen LogP contribution in [-0.2, 0) is 19.3 Å². The van der Waals surface area contributed by atoms with Crippen molar-refractivity contribution in [3.63, 3.8) is 0 Å². The predicted octanol–water partition coefficient (Wildman–Crippen LogP) is 3.77. The molecule has 0 saturated heterocycles. The van der Waals surface area contributed by atoms with Crippen LogP contribution in [0.5, 0.6) is 0 Å². The summed E-state index contributed by atoms with van der Waals surface area (Å²) in [6.07, 6.45) is 3.92. The van der Waals surface area contributed by atoms with Crippen molar-refractivity contribution in [2.24, 2.45) is 5.92 Å². The molecule has 1 aliphatic heterocycles. The number of benzene rings is 1. The van der Waals surface area contributed by atoms with E-state index in [0.717, 1.165) is 36.1 Å². The number of fused-ring (bicyclic) bond motifs is 2. The largest absolute Gasteiger partial charge is 0.478 e. The standard InChI is InChI=1S/C19H19NO3S/c1-11-2-4-14-15(10-24-17(14)8-11)18(21)20-7-6-12-9-13(19(22)23)3-5-16(12)20/h3,5,9-11H,2,4,6-8H2,1H3,(H,22,23). The first-order valence-corrected chi connectivity index (χ1v) is 9.20. The highest BCUT2D eigenvalue weighted by Crippen LogP contribution is 2.36. The number of hydrogen-bond acceptors (Lipinski definition) is 3. The summed E-state index contributed by atoms with van der Waals surface area (Å²) in [4.78, 5) is 27.3. The van der Waals surface area contributed by atoms with Gasteiger partial charge in [-0.3, -0.25) is 4.79 Å². The third kappa shape index (κ3) is 2.44. The Hall–Kier alpha value is -2.14. The summed E-state index contributed by atoms with van der Waals surface area (Å²) in [6, 6.07) is 5.04. The minimum absolute atomic E-state index is 0.0591. The second-order valence-corrected chi connectivity index (χ2v) is 7.72. The monoisotopic (exact) mass is 341 g/mol. The minimum Gasteiger partial charge on any atom is -0.478 e. The van der Waals surface area contributed by atoms with Gasteiger partial charge in [-0.15, -0.1) is 11.3 Å². The molecule has 0 bridgehead atoms. The van der Waals surface area contributed by atoms with E-state index >= 15 is 0 Å². The molecule has 1 aliphatic carbocycles. The van der Waals surface area contributed by atoms with Crippen molar-refractivity contribution < 1.29 is 14.7 Å². The lowest BCUT2D eigenvalue weighted by Gasteiger charge is -2.21. The van der Waals surface area contributed by atoms with Crippen molar-refractivity contribution in [3.05, 3.63) is 50.7 Å². The van der Waals surface area contributed by atoms with E-state index in [1.54, 1.807) is 34.4 Å². The fourth-order valence-corrected chi connectivity index (χ4v) is 4.99. The molecular formula is C19H19NO3S. The third-order valence-corrected chi connectivity index (χ3v) is 6.15. The summed E-state index contributed by atoms with van der Waals surface area (Å²) in [7, 11) is 0. The molecule has 5 heteroatoms. The van der Waals surface area contributed by atoms with Gasteiger partial charge in [0.15, 0.2) is 0 Å². The Morgan fingerprint density at radius 1 is 1.29 bits per heavy atom. The second-order valence-electron chi connectivity index (χ2n) is 6.75. The summed E-state index contributed by atoms with van der Waals surface area (Å²) in [6.45, 7) is 2.89. The number of carboxylic acid groups (broad SMARTS) is 1. The van der Waals surface area contributed by atoms with Gasteiger partial charge in [0.25, 0.3) is 5.91 Å². The molecule has 2 heterocycles. The Kier molecular flexibility index (Phi) is 3.68. The summed E-state index contributed by atoms with van der Waals surface area (Å²) < 4.78 is 0. The van der Waals surface area contributed by atoms with Gasteiger partial charge in [0.1, 0.15) is 0 Å². The van der Waals surface area contributed by atoms with Gasteiger partial charge in [-0.25, -0.2) is 4.79 Å². The number of carbonyl (C=O) groups is 2. The molecule has 1 N–H and O–H groups in total. The summed E-state index contributed by atoms with van der Waals surface area (Å²) >= 11 is 1.71. The maximum Gasteiger partial charge on any atom is 0.335 e. The van der Waals surface area contributed by atoms with Gasteiger partial charge in [0, 0.05) is 22.5 Å². The molecule has 4 nitrogen and oxygen atoms in total. The highest BCUT2D eigenvalue weighted by Gasteiger charge is 2.30. The molecular weight excluding hydrogens is 322 g/mol. The molecule has 4 rings (SSSR count). The number of hydrogen-bond donors (Lipinski definition) is 1. The molecule has 2 aromatic rings. The number of thiophene rings is 1. The topological polar surface area (TPSA) is 57.6 Å². The first kappa shape index (κ1) is 15.4. The Labute approximate surface area is 144 Å². The van der Waals surface area contributed by atoms with Crippen molar-refractivity contribution >= 4 is 28.9 Å². The van der Waals surface area contributed by atoms with Crippen molar-refractivity contribution in [3.8, 4) is 0 Å². The number of nitrogens with zero attached hydrogens (tertiary/aromatic N) is 1. The normalized spacial score (nSPS) is 19.0. The molecule has 1 unspecified atom stereocenters. The molecule has 2 aliphatic rings. The zero-order valence-corrected chi connectivity index (χ0v) is 14.4. The molecule has 0 radical (unpaired) electrons. The van der Waals surface area contributed by atoms with E-state index in [9.17, 15) is 9.59 Å². The number of carboxylic acids is 1. The van der Waals surface area contributed by atoms with Crippen LogP contribution in [-0.4, -0.2) is 23.5 Å². The molecule has 0 spiro atoms. The predicted molar refractivity (Wildman–Crippen MR) is 94.3 cm³/mol. The van der Waals surface area contributed by atoms with Crippen LogP contribution in [0.1, 0.15) is 50.1 Å². The third-order valence-electron chi connectivity index (χ3n) is 5.10. The van der Waals surface area contributed by atoms with E-state index in [1.165, 1.54) is 10.4 Å². The highest BCUT2D eigenvalue weighted by atomic mass is 32.1. The minimum atomic E-state index is -0.927. The smallest absolute Gasteiger partial charge is 0.335 e. The van der Waals surface area contributed by atoms with Gasteiger partial charge >= 0.3 is 5.97 Å². The van der Waals surface area contributed by atoms with E-state index in [-0.39, 0.29) is 11.5 Å². The molecule has 0 fully saturated rings. The molecule has 1 aromatic carbocycles. The van der Waals surface area contributed by atoms with Crippen LogP contribution in [0.3, 0.4) is 0 Å². The quantitative estimate of drug-likeness (QED) is 0.904. The lowest BCUT2D eigenvalue weighted by atomic mass is 9.88. The Bertz CT molecular complexity index is 839. The van der Waals surface area contributed by atoms with E-state index < -0.39 is 5.97 Å². The SMILES string of the molecule is CC1CCc2c(C(=O)N3CCc4cc(C(=O)O)ccc43)csc2C1. The summed E-state index contributed by atoms with van der Waals surface area (Å²) in [5, 5.41) is 11.1. The van der Waals surface area contributed by atoms with Crippen LogP contribution >= 0.6 is 11.3 Å². The van der Waals surface area contributed by atoms with Crippen LogP contribution in [0.15, 0.2) is 23.6 Å². The Balaban J connectivity index is 1.65. The Morgan fingerprint density at radius 2 is 2.12 bits per heavy atom. The number of carbonyl (C=O) groups excluding carboxylic acids is 1. The number of rotatable bonds is 2. The molecule has 1 atom stereocenters. The lowest BCUT2D eigenvalue weighted by Crippen LogP contribution is -2.29. The van der Waals surface area contributed by atoms with Gasteiger partial charge in [0.2, 0.25) is 0 Å². The number of aromatic carboxylic acids is 1. The number of anilines is 1. The molecule has 0 saturated carbocycles. The Morgan fingerprint density at radius 3 is 2.92 bits per heavy atom. The van der Waals surface area contributed by atoms with Crippen molar-refractivity contribution in [2.75, 3.05) is 11.4 Å². The molecule has 1 aromatic heterocycles. The van der Waals surface area contributed by atoms with Crippen LogP contribution in [0, 0.1) is 5.92 Å². The first-order chi connectivity index (χ1) is 11.5. The first-order valence-electron chi connectivity index (χ1n) is 8.32. The van der Waals surface area contributed by atoms with Crippen molar-refractivity contribution in [2.45, 2.75) is 32.6 Å². The van der Waals surface area contributed by atoms with Crippen LogP contribution < -0.4 is 4.90 Å². The van der Waals surface area contributed by atoms with Crippen LogP contribution in [0.2, 0.25) is 0 Å². The van der Waals surface area contributed by atoms with Gasteiger partial charge < -0.3 is 10.0 Å². The van der Waals surface area contributed by atoms with Crippen LogP contribution in [0.25, 0.3) is 0 Å². The average Bonchev–Trinajstić information content (AvgIpc) is 3.16. The zero-order chi connectivity index (χ0) is 16.8. The van der Waals surface area contributed by atoms with Gasteiger partial charge in [-0.2, -0.15) is 0 Å². The van der Waals surface area contributed by atoms with Crippen molar-refractivity contribution in [1.29, 1.82) is 0 Å². The average molecular weight is 341 g/mol.